The van der Waals surface area contributed by atoms with Crippen LogP contribution in [0.5, 0.6) is 0 Å². The minimum absolute atomic E-state index is 0.0128. The monoisotopic (exact) mass is 263 g/mol. The van der Waals surface area contributed by atoms with Crippen molar-refractivity contribution in [3.8, 4) is 0 Å². The van der Waals surface area contributed by atoms with Gasteiger partial charge in [0.2, 0.25) is 0 Å². The molecule has 0 heterocycles. The third kappa shape index (κ3) is 2.48. The zero-order valence-electron chi connectivity index (χ0n) is 9.10. The lowest BCUT2D eigenvalue weighted by Gasteiger charge is -2.14. The second kappa shape index (κ2) is 5.03. The van der Waals surface area contributed by atoms with Gasteiger partial charge in [-0.05, 0) is 19.1 Å². The van der Waals surface area contributed by atoms with Gasteiger partial charge in [0.25, 0.3) is 0 Å². The highest BCUT2D eigenvalue weighted by Crippen LogP contribution is 2.30. The third-order valence-electron chi connectivity index (χ3n) is 2.21. The van der Waals surface area contributed by atoms with E-state index in [4.69, 9.17) is 22.1 Å². The lowest BCUT2D eigenvalue weighted by atomic mass is 10.3. The van der Waals surface area contributed by atoms with E-state index in [1.165, 1.54) is 19.2 Å². The number of methoxy groups -OCH3 is 1. The Morgan fingerprint density at radius 2 is 2.12 bits per heavy atom. The van der Waals surface area contributed by atoms with Gasteiger partial charge in [-0.25, -0.2) is 8.42 Å². The molecule has 4 nitrogen and oxygen atoms in total. The first-order chi connectivity index (χ1) is 7.41. The minimum atomic E-state index is -3.54. The molecule has 16 heavy (non-hydrogen) atoms. The molecule has 1 rings (SSSR count). The molecule has 0 aliphatic heterocycles. The standard InChI is InChI=1S/C10H14ClNO3S/c1-7(6-15-2)16(13,14)10-8(11)4-3-5-9(10)12/h3-5,7H,6,12H2,1-2H3. The van der Waals surface area contributed by atoms with Gasteiger partial charge in [0.05, 0.1) is 22.6 Å². The molecule has 0 spiro atoms. The van der Waals surface area contributed by atoms with Crippen LogP contribution in [0, 0.1) is 0 Å². The fourth-order valence-electron chi connectivity index (χ4n) is 1.35. The van der Waals surface area contributed by atoms with E-state index >= 15 is 0 Å². The maximum atomic E-state index is 12.1. The first kappa shape index (κ1) is 13.3. The molecule has 0 aliphatic rings. The minimum Gasteiger partial charge on any atom is -0.398 e. The van der Waals surface area contributed by atoms with Crippen LogP contribution in [0.15, 0.2) is 23.1 Å². The summed E-state index contributed by atoms with van der Waals surface area (Å²) in [4.78, 5) is -0.0128. The number of hydrogen-bond acceptors (Lipinski definition) is 4. The molecule has 1 aromatic carbocycles. The number of nitrogen functional groups attached to an aromatic ring is 1. The van der Waals surface area contributed by atoms with Gasteiger partial charge in [-0.15, -0.1) is 0 Å². The molecule has 90 valence electrons. The van der Waals surface area contributed by atoms with E-state index in [1.54, 1.807) is 13.0 Å². The molecule has 0 saturated carbocycles. The lowest BCUT2D eigenvalue weighted by Crippen LogP contribution is -2.24. The molecular formula is C10H14ClNO3S. The maximum absolute atomic E-state index is 12.1. The Morgan fingerprint density at radius 1 is 1.50 bits per heavy atom. The summed E-state index contributed by atoms with van der Waals surface area (Å²) in [5.74, 6) is 0. The van der Waals surface area contributed by atoms with Crippen molar-refractivity contribution in [3.63, 3.8) is 0 Å². The zero-order valence-corrected chi connectivity index (χ0v) is 10.7. The third-order valence-corrected chi connectivity index (χ3v) is 4.86. The Balaban J connectivity index is 3.27. The van der Waals surface area contributed by atoms with E-state index < -0.39 is 15.1 Å². The SMILES string of the molecule is COCC(C)S(=O)(=O)c1c(N)cccc1Cl. The quantitative estimate of drug-likeness (QED) is 0.840. The van der Waals surface area contributed by atoms with Crippen LogP contribution in [0.2, 0.25) is 5.02 Å². The Hall–Kier alpha value is -0.780. The van der Waals surface area contributed by atoms with Crippen LogP contribution in [0.3, 0.4) is 0 Å². The summed E-state index contributed by atoms with van der Waals surface area (Å²) in [6, 6.07) is 4.63. The first-order valence-electron chi connectivity index (χ1n) is 4.68. The van der Waals surface area contributed by atoms with E-state index in [-0.39, 0.29) is 22.2 Å². The Morgan fingerprint density at radius 3 is 2.62 bits per heavy atom. The van der Waals surface area contributed by atoms with Crippen LogP contribution in [0.1, 0.15) is 6.92 Å². The van der Waals surface area contributed by atoms with Crippen LogP contribution in [0.4, 0.5) is 5.69 Å². The highest BCUT2D eigenvalue weighted by Gasteiger charge is 2.27. The summed E-state index contributed by atoms with van der Waals surface area (Å²) < 4.78 is 29.1. The van der Waals surface area contributed by atoms with Gasteiger partial charge in [0.1, 0.15) is 4.90 Å². The van der Waals surface area contributed by atoms with Crippen LogP contribution in [0.25, 0.3) is 0 Å². The number of benzene rings is 1. The molecule has 0 aromatic heterocycles. The molecule has 1 atom stereocenters. The van der Waals surface area contributed by atoms with Crippen molar-refractivity contribution in [2.75, 3.05) is 19.5 Å². The van der Waals surface area contributed by atoms with E-state index in [1.807, 2.05) is 0 Å². The summed E-state index contributed by atoms with van der Waals surface area (Å²) in [5.41, 5.74) is 5.80. The van der Waals surface area contributed by atoms with Gasteiger partial charge in [0.15, 0.2) is 9.84 Å². The smallest absolute Gasteiger partial charge is 0.186 e. The number of ether oxygens (including phenoxy) is 1. The molecule has 0 amide bonds. The number of sulfone groups is 1. The fourth-order valence-corrected chi connectivity index (χ4v) is 3.31. The number of anilines is 1. The van der Waals surface area contributed by atoms with Gasteiger partial charge in [-0.3, -0.25) is 0 Å². The molecule has 2 N–H and O–H groups in total. The predicted octanol–water partition coefficient (Wildman–Crippen LogP) is 1.73. The highest BCUT2D eigenvalue weighted by molar-refractivity contribution is 7.92. The van der Waals surface area contributed by atoms with Crippen molar-refractivity contribution < 1.29 is 13.2 Å². The average Bonchev–Trinajstić information content (AvgIpc) is 2.17. The summed E-state index contributed by atoms with van der Waals surface area (Å²) in [6.45, 7) is 1.66. The molecule has 1 aromatic rings. The van der Waals surface area contributed by atoms with Crippen molar-refractivity contribution in [2.45, 2.75) is 17.1 Å². The molecule has 0 bridgehead atoms. The molecule has 1 unspecified atom stereocenters. The Labute approximate surface area is 100 Å². The number of nitrogens with two attached hydrogens (primary N) is 1. The number of rotatable bonds is 4. The average molecular weight is 264 g/mol. The van der Waals surface area contributed by atoms with E-state index in [2.05, 4.69) is 0 Å². The van der Waals surface area contributed by atoms with Crippen LogP contribution >= 0.6 is 11.6 Å². The van der Waals surface area contributed by atoms with Crippen molar-refractivity contribution in [1.82, 2.24) is 0 Å². The van der Waals surface area contributed by atoms with Gasteiger partial charge in [-0.2, -0.15) is 0 Å². The van der Waals surface area contributed by atoms with Crippen molar-refractivity contribution >= 4 is 27.1 Å². The molecule has 0 saturated heterocycles. The van der Waals surface area contributed by atoms with Crippen LogP contribution in [-0.2, 0) is 14.6 Å². The highest BCUT2D eigenvalue weighted by atomic mass is 35.5. The molecular weight excluding hydrogens is 250 g/mol. The van der Waals surface area contributed by atoms with Gasteiger partial charge >= 0.3 is 0 Å². The van der Waals surface area contributed by atoms with Crippen molar-refractivity contribution in [3.05, 3.63) is 23.2 Å². The van der Waals surface area contributed by atoms with E-state index in [9.17, 15) is 8.42 Å². The normalized spacial score (nSPS) is 13.7. The van der Waals surface area contributed by atoms with Gasteiger partial charge in [0, 0.05) is 7.11 Å². The summed E-state index contributed by atoms with van der Waals surface area (Å²) >= 11 is 5.86. The van der Waals surface area contributed by atoms with Crippen molar-refractivity contribution in [2.24, 2.45) is 0 Å². The number of hydrogen-bond donors (Lipinski definition) is 1. The molecule has 0 aliphatic carbocycles. The maximum Gasteiger partial charge on any atom is 0.186 e. The predicted molar refractivity (Wildman–Crippen MR) is 64.4 cm³/mol. The lowest BCUT2D eigenvalue weighted by molar-refractivity contribution is 0.200. The topological polar surface area (TPSA) is 69.4 Å². The summed E-state index contributed by atoms with van der Waals surface area (Å²) in [6.07, 6.45) is 0. The summed E-state index contributed by atoms with van der Waals surface area (Å²) in [7, 11) is -2.10. The Kier molecular flexibility index (Phi) is 4.18. The second-order valence-electron chi connectivity index (χ2n) is 3.47. The van der Waals surface area contributed by atoms with E-state index in [0.29, 0.717) is 0 Å². The Bertz CT molecular complexity index is 453. The fraction of sp³-hybridized carbons (Fsp3) is 0.400. The largest absolute Gasteiger partial charge is 0.398 e. The van der Waals surface area contributed by atoms with Crippen LogP contribution < -0.4 is 5.73 Å². The van der Waals surface area contributed by atoms with Crippen molar-refractivity contribution in [1.29, 1.82) is 0 Å². The zero-order chi connectivity index (χ0) is 12.3. The summed E-state index contributed by atoms with van der Waals surface area (Å²) in [5, 5.41) is -0.539. The van der Waals surface area contributed by atoms with Crippen LogP contribution in [-0.4, -0.2) is 27.4 Å². The van der Waals surface area contributed by atoms with Gasteiger partial charge < -0.3 is 10.5 Å². The van der Waals surface area contributed by atoms with E-state index in [0.717, 1.165) is 0 Å². The first-order valence-corrected chi connectivity index (χ1v) is 6.60. The van der Waals surface area contributed by atoms with Gasteiger partial charge in [-0.1, -0.05) is 17.7 Å². The molecule has 0 fully saturated rings. The molecule has 6 heteroatoms. The second-order valence-corrected chi connectivity index (χ2v) is 6.18. The number of halogens is 1. The molecule has 0 radical (unpaired) electrons.